The fourth-order valence-corrected chi connectivity index (χ4v) is 2.74. The number of hydrogen-bond acceptors (Lipinski definition) is 3. The van der Waals surface area contributed by atoms with Gasteiger partial charge in [0.15, 0.2) is 0 Å². The molecule has 1 aliphatic carbocycles. The van der Waals surface area contributed by atoms with Gasteiger partial charge in [-0.15, -0.1) is 0 Å². The lowest BCUT2D eigenvalue weighted by Gasteiger charge is -2.29. The Hall–Kier alpha value is -0.910. The van der Waals surface area contributed by atoms with Crippen molar-refractivity contribution in [2.75, 3.05) is 12.3 Å². The Morgan fingerprint density at radius 3 is 2.44 bits per heavy atom. The molecular formula is C13H19NO3S. The number of hydrogen-bond donors (Lipinski definition) is 2. The highest BCUT2D eigenvalue weighted by molar-refractivity contribution is 7.89. The van der Waals surface area contributed by atoms with Crippen LogP contribution in [0.15, 0.2) is 30.3 Å². The topological polar surface area (TPSA) is 66.4 Å². The van der Waals surface area contributed by atoms with Crippen LogP contribution < -0.4 is 4.72 Å². The quantitative estimate of drug-likeness (QED) is 0.816. The zero-order chi connectivity index (χ0) is 13.2. The monoisotopic (exact) mass is 269 g/mol. The highest BCUT2D eigenvalue weighted by atomic mass is 32.2. The first-order valence-corrected chi connectivity index (χ1v) is 7.88. The van der Waals surface area contributed by atoms with Gasteiger partial charge in [-0.25, -0.2) is 13.1 Å². The third kappa shape index (κ3) is 2.91. The lowest BCUT2D eigenvalue weighted by atomic mass is 9.89. The Labute approximate surface area is 108 Å². The van der Waals surface area contributed by atoms with Crippen LogP contribution in [0.3, 0.4) is 0 Å². The van der Waals surface area contributed by atoms with Crippen molar-refractivity contribution in [1.29, 1.82) is 0 Å². The van der Waals surface area contributed by atoms with E-state index in [1.807, 2.05) is 30.3 Å². The van der Waals surface area contributed by atoms with Crippen LogP contribution in [0.25, 0.3) is 0 Å². The van der Waals surface area contributed by atoms with Crippen LogP contribution >= 0.6 is 0 Å². The molecule has 1 saturated carbocycles. The number of rotatable bonds is 6. The Balaban J connectivity index is 2.18. The summed E-state index contributed by atoms with van der Waals surface area (Å²) >= 11 is 0. The lowest BCUT2D eigenvalue weighted by Crippen LogP contribution is -2.42. The van der Waals surface area contributed by atoms with E-state index in [1.54, 1.807) is 6.92 Å². The summed E-state index contributed by atoms with van der Waals surface area (Å²) in [6.07, 6.45) is 1.89. The molecule has 100 valence electrons. The van der Waals surface area contributed by atoms with Crippen molar-refractivity contribution in [3.05, 3.63) is 35.9 Å². The van der Waals surface area contributed by atoms with Gasteiger partial charge in [0, 0.05) is 6.54 Å². The second-order valence-electron chi connectivity index (χ2n) is 4.79. The van der Waals surface area contributed by atoms with E-state index in [1.165, 1.54) is 0 Å². The predicted octanol–water partition coefficient (Wildman–Crippen LogP) is 1.22. The molecule has 0 saturated heterocycles. The minimum atomic E-state index is -3.28. The summed E-state index contributed by atoms with van der Waals surface area (Å²) in [7, 11) is -3.28. The number of nitrogens with one attached hydrogen (secondary N) is 1. The SMILES string of the molecule is CCS(=O)(=O)NCC(O)(c1ccccc1)C1CC1. The summed E-state index contributed by atoms with van der Waals surface area (Å²) in [5, 5.41) is 10.8. The van der Waals surface area contributed by atoms with Gasteiger partial charge in [-0.1, -0.05) is 30.3 Å². The van der Waals surface area contributed by atoms with Gasteiger partial charge < -0.3 is 5.11 Å². The maximum atomic E-state index is 11.5. The van der Waals surface area contributed by atoms with E-state index in [2.05, 4.69) is 4.72 Å². The van der Waals surface area contributed by atoms with Crippen LogP contribution in [0, 0.1) is 5.92 Å². The van der Waals surface area contributed by atoms with E-state index in [0.29, 0.717) is 0 Å². The molecular weight excluding hydrogens is 250 g/mol. The molecule has 4 nitrogen and oxygen atoms in total. The number of benzene rings is 1. The third-order valence-electron chi connectivity index (χ3n) is 3.47. The molecule has 18 heavy (non-hydrogen) atoms. The molecule has 1 aromatic rings. The third-order valence-corrected chi connectivity index (χ3v) is 4.81. The molecule has 0 heterocycles. The normalized spacial score (nSPS) is 19.4. The van der Waals surface area contributed by atoms with E-state index in [9.17, 15) is 13.5 Å². The summed E-state index contributed by atoms with van der Waals surface area (Å²) < 4.78 is 25.5. The van der Waals surface area contributed by atoms with Gasteiger partial charge in [0.1, 0.15) is 5.60 Å². The Morgan fingerprint density at radius 2 is 1.94 bits per heavy atom. The first-order chi connectivity index (χ1) is 8.48. The average Bonchev–Trinajstić information content (AvgIpc) is 3.22. The molecule has 1 unspecified atom stereocenters. The molecule has 1 fully saturated rings. The number of sulfonamides is 1. The average molecular weight is 269 g/mol. The van der Waals surface area contributed by atoms with Crippen LogP contribution in [0.2, 0.25) is 0 Å². The molecule has 5 heteroatoms. The maximum absolute atomic E-state index is 11.5. The lowest BCUT2D eigenvalue weighted by molar-refractivity contribution is 0.0185. The highest BCUT2D eigenvalue weighted by Crippen LogP contribution is 2.45. The standard InChI is InChI=1S/C13H19NO3S/c1-2-18(16,17)14-10-13(15,12-8-9-12)11-6-4-3-5-7-11/h3-7,12,14-15H,2,8-10H2,1H3. The fourth-order valence-electron chi connectivity index (χ4n) is 2.09. The second-order valence-corrected chi connectivity index (χ2v) is 6.88. The second kappa shape index (κ2) is 4.99. The van der Waals surface area contributed by atoms with Gasteiger partial charge in [0.05, 0.1) is 5.75 Å². The summed E-state index contributed by atoms with van der Waals surface area (Å²) in [6, 6.07) is 9.29. The van der Waals surface area contributed by atoms with Gasteiger partial charge in [0.2, 0.25) is 10.0 Å². The molecule has 0 bridgehead atoms. The minimum Gasteiger partial charge on any atom is -0.383 e. The van der Waals surface area contributed by atoms with Gasteiger partial charge in [-0.3, -0.25) is 0 Å². The van der Waals surface area contributed by atoms with Crippen molar-refractivity contribution in [3.63, 3.8) is 0 Å². The van der Waals surface area contributed by atoms with Crippen LogP contribution in [-0.4, -0.2) is 25.8 Å². The molecule has 1 aliphatic rings. The summed E-state index contributed by atoms with van der Waals surface area (Å²) in [6.45, 7) is 1.64. The molecule has 2 N–H and O–H groups in total. The smallest absolute Gasteiger partial charge is 0.211 e. The van der Waals surface area contributed by atoms with Crippen molar-refractivity contribution in [3.8, 4) is 0 Å². The highest BCUT2D eigenvalue weighted by Gasteiger charge is 2.45. The van der Waals surface area contributed by atoms with Crippen LogP contribution in [-0.2, 0) is 15.6 Å². The predicted molar refractivity (Wildman–Crippen MR) is 70.5 cm³/mol. The molecule has 0 aromatic heterocycles. The first-order valence-electron chi connectivity index (χ1n) is 6.23. The van der Waals surface area contributed by atoms with Crippen molar-refractivity contribution in [1.82, 2.24) is 4.72 Å². The zero-order valence-electron chi connectivity index (χ0n) is 10.5. The molecule has 0 aliphatic heterocycles. The Kier molecular flexibility index (Phi) is 3.75. The van der Waals surface area contributed by atoms with Crippen molar-refractivity contribution < 1.29 is 13.5 Å². The molecule has 1 atom stereocenters. The summed E-state index contributed by atoms with van der Waals surface area (Å²) in [4.78, 5) is 0. The molecule has 0 radical (unpaired) electrons. The van der Waals surface area contributed by atoms with Crippen LogP contribution in [0.1, 0.15) is 25.3 Å². The Bertz CT molecular complexity index is 496. The largest absolute Gasteiger partial charge is 0.383 e. The molecule has 0 amide bonds. The van der Waals surface area contributed by atoms with E-state index in [4.69, 9.17) is 0 Å². The van der Waals surface area contributed by atoms with Crippen LogP contribution in [0.4, 0.5) is 0 Å². The van der Waals surface area contributed by atoms with E-state index >= 15 is 0 Å². The molecule has 1 aromatic carbocycles. The van der Waals surface area contributed by atoms with Crippen molar-refractivity contribution in [2.24, 2.45) is 5.92 Å². The zero-order valence-corrected chi connectivity index (χ0v) is 11.3. The minimum absolute atomic E-state index is 0.0303. The molecule has 2 rings (SSSR count). The summed E-state index contributed by atoms with van der Waals surface area (Å²) in [5.74, 6) is 0.183. The number of aliphatic hydroxyl groups is 1. The fraction of sp³-hybridized carbons (Fsp3) is 0.538. The summed E-state index contributed by atoms with van der Waals surface area (Å²) in [5.41, 5.74) is -0.296. The van der Waals surface area contributed by atoms with E-state index in [-0.39, 0.29) is 18.2 Å². The Morgan fingerprint density at radius 1 is 1.33 bits per heavy atom. The van der Waals surface area contributed by atoms with Crippen molar-refractivity contribution >= 4 is 10.0 Å². The van der Waals surface area contributed by atoms with Gasteiger partial charge in [-0.05, 0) is 31.2 Å². The van der Waals surface area contributed by atoms with Gasteiger partial charge in [-0.2, -0.15) is 0 Å². The van der Waals surface area contributed by atoms with E-state index < -0.39 is 15.6 Å². The van der Waals surface area contributed by atoms with E-state index in [0.717, 1.165) is 18.4 Å². The maximum Gasteiger partial charge on any atom is 0.211 e. The molecule has 0 spiro atoms. The van der Waals surface area contributed by atoms with Crippen LogP contribution in [0.5, 0.6) is 0 Å². The van der Waals surface area contributed by atoms with Gasteiger partial charge >= 0.3 is 0 Å². The van der Waals surface area contributed by atoms with Crippen molar-refractivity contribution in [2.45, 2.75) is 25.4 Å². The van der Waals surface area contributed by atoms with Gasteiger partial charge in [0.25, 0.3) is 0 Å². The first kappa shape index (κ1) is 13.5.